The molecule has 0 aliphatic carbocycles. The van der Waals surface area contributed by atoms with Crippen LogP contribution in [-0.2, 0) is 13.5 Å². The molecule has 146 valence electrons. The first-order valence-corrected chi connectivity index (χ1v) is 8.72. The number of amides is 1. The van der Waals surface area contributed by atoms with E-state index < -0.39 is 17.2 Å². The number of methoxy groups -OCH3 is 2. The van der Waals surface area contributed by atoms with E-state index in [2.05, 4.69) is 5.32 Å². The highest BCUT2D eigenvalue weighted by molar-refractivity contribution is 5.97. The fourth-order valence-corrected chi connectivity index (χ4v) is 3.08. The number of hydrogen-bond donors (Lipinski definition) is 1. The van der Waals surface area contributed by atoms with E-state index in [1.165, 1.54) is 18.3 Å². The molecule has 1 N–H and O–H groups in total. The van der Waals surface area contributed by atoms with E-state index >= 15 is 0 Å². The molecule has 1 amide bonds. The molecule has 0 aliphatic rings. The number of pyridine rings is 1. The first-order valence-electron chi connectivity index (χ1n) is 8.72. The zero-order chi connectivity index (χ0) is 20.3. The Balaban J connectivity index is 1.75. The summed E-state index contributed by atoms with van der Waals surface area (Å²) >= 11 is 0. The highest BCUT2D eigenvalue weighted by Gasteiger charge is 2.15. The van der Waals surface area contributed by atoms with Gasteiger partial charge in [-0.3, -0.25) is 9.59 Å². The number of benzene rings is 2. The predicted molar refractivity (Wildman–Crippen MR) is 105 cm³/mol. The van der Waals surface area contributed by atoms with Crippen LogP contribution in [0.3, 0.4) is 0 Å². The summed E-state index contributed by atoms with van der Waals surface area (Å²) in [5.74, 6) is 0.224. The van der Waals surface area contributed by atoms with Gasteiger partial charge in [0.2, 0.25) is 5.43 Å². The number of halogens is 1. The normalized spacial score (nSPS) is 10.7. The minimum absolute atomic E-state index is 0.0205. The molecule has 1 aromatic heterocycles. The van der Waals surface area contributed by atoms with Crippen molar-refractivity contribution in [3.8, 4) is 11.5 Å². The van der Waals surface area contributed by atoms with Crippen LogP contribution in [0.2, 0.25) is 0 Å². The van der Waals surface area contributed by atoms with E-state index in [0.717, 1.165) is 11.6 Å². The van der Waals surface area contributed by atoms with Crippen molar-refractivity contribution in [1.82, 2.24) is 9.88 Å². The first kappa shape index (κ1) is 19.4. The second-order valence-electron chi connectivity index (χ2n) is 6.34. The van der Waals surface area contributed by atoms with Gasteiger partial charge >= 0.3 is 0 Å². The van der Waals surface area contributed by atoms with Gasteiger partial charge in [-0.2, -0.15) is 0 Å². The van der Waals surface area contributed by atoms with Crippen LogP contribution in [0.4, 0.5) is 4.39 Å². The molecule has 0 atom stereocenters. The monoisotopic (exact) mass is 384 g/mol. The third-order valence-electron chi connectivity index (χ3n) is 4.54. The molecule has 0 aliphatic heterocycles. The zero-order valence-electron chi connectivity index (χ0n) is 15.9. The molecule has 0 saturated carbocycles. The third kappa shape index (κ3) is 3.83. The molecule has 0 saturated heterocycles. The number of nitrogens with zero attached hydrogens (tertiary/aromatic N) is 1. The number of carbonyl (C=O) groups excluding carboxylic acids is 1. The Hall–Kier alpha value is -3.35. The van der Waals surface area contributed by atoms with Crippen LogP contribution in [0.1, 0.15) is 15.9 Å². The van der Waals surface area contributed by atoms with Crippen LogP contribution in [0.25, 0.3) is 10.9 Å². The van der Waals surface area contributed by atoms with E-state index in [1.54, 1.807) is 31.9 Å². The van der Waals surface area contributed by atoms with Crippen molar-refractivity contribution in [1.29, 1.82) is 0 Å². The number of nitrogens with one attached hydrogen (secondary N) is 1. The van der Waals surface area contributed by atoms with Gasteiger partial charge in [0.1, 0.15) is 11.4 Å². The summed E-state index contributed by atoms with van der Waals surface area (Å²) < 4.78 is 25.6. The van der Waals surface area contributed by atoms with E-state index in [9.17, 15) is 14.0 Å². The Bertz CT molecular complexity index is 1090. The van der Waals surface area contributed by atoms with Crippen molar-refractivity contribution < 1.29 is 18.7 Å². The zero-order valence-corrected chi connectivity index (χ0v) is 15.9. The molecule has 0 radical (unpaired) electrons. The molecule has 3 aromatic rings. The second-order valence-corrected chi connectivity index (χ2v) is 6.34. The van der Waals surface area contributed by atoms with Gasteiger partial charge in [0.05, 0.1) is 19.7 Å². The summed E-state index contributed by atoms with van der Waals surface area (Å²) in [7, 11) is 4.83. The van der Waals surface area contributed by atoms with Crippen molar-refractivity contribution in [3.05, 3.63) is 69.8 Å². The lowest BCUT2D eigenvalue weighted by Crippen LogP contribution is -2.31. The fourth-order valence-electron chi connectivity index (χ4n) is 3.08. The molecule has 0 unspecified atom stereocenters. The molecule has 2 aromatic carbocycles. The summed E-state index contributed by atoms with van der Waals surface area (Å²) in [6.07, 6.45) is 2.02. The van der Waals surface area contributed by atoms with Crippen LogP contribution >= 0.6 is 0 Å². The Morgan fingerprint density at radius 1 is 1.11 bits per heavy atom. The number of rotatable bonds is 6. The van der Waals surface area contributed by atoms with Gasteiger partial charge in [-0.15, -0.1) is 0 Å². The van der Waals surface area contributed by atoms with Crippen LogP contribution in [0.5, 0.6) is 11.5 Å². The molecular weight excluding hydrogens is 363 g/mol. The van der Waals surface area contributed by atoms with Gasteiger partial charge in [-0.1, -0.05) is 6.07 Å². The maximum absolute atomic E-state index is 13.5. The lowest BCUT2D eigenvalue weighted by Gasteiger charge is -2.11. The van der Waals surface area contributed by atoms with Crippen molar-refractivity contribution >= 4 is 16.8 Å². The van der Waals surface area contributed by atoms with Gasteiger partial charge in [-0.25, -0.2) is 4.39 Å². The number of aryl methyl sites for hydroxylation is 1. The van der Waals surface area contributed by atoms with Crippen LogP contribution in [-0.4, -0.2) is 31.2 Å². The highest BCUT2D eigenvalue weighted by Crippen LogP contribution is 2.27. The number of hydrogen-bond acceptors (Lipinski definition) is 4. The molecule has 3 rings (SSSR count). The van der Waals surface area contributed by atoms with Crippen LogP contribution < -0.4 is 20.2 Å². The first-order chi connectivity index (χ1) is 13.4. The van der Waals surface area contributed by atoms with E-state index in [4.69, 9.17) is 9.47 Å². The van der Waals surface area contributed by atoms with Crippen LogP contribution in [0, 0.1) is 5.82 Å². The second kappa shape index (κ2) is 8.12. The number of carbonyl (C=O) groups is 1. The largest absolute Gasteiger partial charge is 0.493 e. The number of aromatic nitrogens is 1. The Labute approximate surface area is 161 Å². The third-order valence-corrected chi connectivity index (χ3v) is 4.54. The summed E-state index contributed by atoms with van der Waals surface area (Å²) in [5, 5.41) is 2.92. The highest BCUT2D eigenvalue weighted by atomic mass is 19.1. The van der Waals surface area contributed by atoms with Gasteiger partial charge in [0, 0.05) is 25.2 Å². The molecular formula is C21H21FN2O4. The summed E-state index contributed by atoms with van der Waals surface area (Å²) in [6.45, 7) is 0.332. The average molecular weight is 384 g/mol. The minimum Gasteiger partial charge on any atom is -0.493 e. The Morgan fingerprint density at radius 3 is 2.57 bits per heavy atom. The predicted octanol–water partition coefficient (Wildman–Crippen LogP) is 2.67. The van der Waals surface area contributed by atoms with E-state index in [1.807, 2.05) is 12.1 Å². The lowest BCUT2D eigenvalue weighted by atomic mass is 10.1. The maximum Gasteiger partial charge on any atom is 0.256 e. The SMILES string of the molecule is COc1ccc(CCNC(=O)c2cn(C)c3ccc(F)cc3c2=O)cc1OC. The quantitative estimate of drug-likeness (QED) is 0.709. The maximum atomic E-state index is 13.5. The molecule has 0 spiro atoms. The summed E-state index contributed by atoms with van der Waals surface area (Å²) in [5.41, 5.74) is 1.00. The van der Waals surface area contributed by atoms with Gasteiger partial charge in [-0.05, 0) is 42.3 Å². The molecule has 0 bridgehead atoms. The molecule has 0 fully saturated rings. The molecule has 6 nitrogen and oxygen atoms in total. The van der Waals surface area contributed by atoms with Gasteiger partial charge in [0.25, 0.3) is 5.91 Å². The summed E-state index contributed by atoms with van der Waals surface area (Å²) in [6, 6.07) is 9.46. The van der Waals surface area contributed by atoms with E-state index in [-0.39, 0.29) is 10.9 Å². The molecule has 1 heterocycles. The summed E-state index contributed by atoms with van der Waals surface area (Å²) in [4.78, 5) is 25.1. The standard InChI is InChI=1S/C21H21FN2O4/c1-24-12-16(20(25)15-11-14(22)5-6-17(15)24)21(26)23-9-8-13-4-7-18(27-2)19(10-13)28-3/h4-7,10-12H,8-9H2,1-3H3,(H,23,26). The topological polar surface area (TPSA) is 69.6 Å². The molecule has 28 heavy (non-hydrogen) atoms. The van der Waals surface area contributed by atoms with Gasteiger partial charge in [0.15, 0.2) is 11.5 Å². The van der Waals surface area contributed by atoms with Crippen molar-refractivity contribution in [2.75, 3.05) is 20.8 Å². The van der Waals surface area contributed by atoms with Crippen molar-refractivity contribution in [2.45, 2.75) is 6.42 Å². The number of ether oxygens (including phenoxy) is 2. The van der Waals surface area contributed by atoms with Crippen LogP contribution in [0.15, 0.2) is 47.4 Å². The number of fused-ring (bicyclic) bond motifs is 1. The molecule has 7 heteroatoms. The van der Waals surface area contributed by atoms with Gasteiger partial charge < -0.3 is 19.4 Å². The smallest absolute Gasteiger partial charge is 0.256 e. The van der Waals surface area contributed by atoms with E-state index in [0.29, 0.717) is 30.0 Å². The van der Waals surface area contributed by atoms with Crippen molar-refractivity contribution in [3.63, 3.8) is 0 Å². The average Bonchev–Trinajstić information content (AvgIpc) is 2.70. The Morgan fingerprint density at radius 2 is 1.86 bits per heavy atom. The minimum atomic E-state index is -0.518. The Kier molecular flexibility index (Phi) is 5.63. The fraction of sp³-hybridized carbons (Fsp3) is 0.238. The van der Waals surface area contributed by atoms with Crippen molar-refractivity contribution in [2.24, 2.45) is 7.05 Å². The lowest BCUT2D eigenvalue weighted by molar-refractivity contribution is 0.0952.